The Bertz CT molecular complexity index is 440. The number of nitrogens with zero attached hydrogens (tertiary/aromatic N) is 2. The Labute approximate surface area is 100 Å². The average Bonchev–Trinajstić information content (AvgIpc) is 2.57. The molecule has 0 aliphatic carbocycles. The first-order valence-electron chi connectivity index (χ1n) is 4.71. The van der Waals surface area contributed by atoms with E-state index in [0.29, 0.717) is 12.0 Å². The molecule has 3 N–H and O–H groups in total. The number of rotatable bonds is 5. The average molecular weight is 259 g/mol. The predicted octanol–water partition coefficient (Wildman–Crippen LogP) is 0.342. The van der Waals surface area contributed by atoms with Crippen LogP contribution in [0.25, 0.3) is 0 Å². The largest absolute Gasteiger partial charge is 0.479 e. The van der Waals surface area contributed by atoms with Crippen LogP contribution >= 0.6 is 0 Å². The third-order valence-corrected chi connectivity index (χ3v) is 3.12. The minimum absolute atomic E-state index is 0.155. The number of carboxylic acids is 1. The van der Waals surface area contributed by atoms with Crippen molar-refractivity contribution in [1.82, 2.24) is 0 Å². The zero-order valence-electron chi connectivity index (χ0n) is 9.41. The first-order valence-corrected chi connectivity index (χ1v) is 5.95. The van der Waals surface area contributed by atoms with E-state index in [1.54, 1.807) is 5.41 Å². The van der Waals surface area contributed by atoms with E-state index in [2.05, 4.69) is 9.52 Å². The van der Waals surface area contributed by atoms with Crippen LogP contribution in [0, 0.1) is 0 Å². The van der Waals surface area contributed by atoms with E-state index >= 15 is 0 Å². The first-order chi connectivity index (χ1) is 7.86. The molecule has 94 valence electrons. The molecule has 0 aromatic carbocycles. The summed E-state index contributed by atoms with van der Waals surface area (Å²) in [5.74, 6) is -1.13. The van der Waals surface area contributed by atoms with Gasteiger partial charge >= 0.3 is 5.97 Å². The van der Waals surface area contributed by atoms with Crippen LogP contribution in [0.4, 0.5) is 0 Å². The highest BCUT2D eigenvalue weighted by molar-refractivity contribution is 8.05. The number of carbonyl (C=O) groups is 2. The lowest BCUT2D eigenvalue weighted by molar-refractivity contribution is -0.160. The van der Waals surface area contributed by atoms with Crippen LogP contribution in [0.3, 0.4) is 0 Å². The number of aldehydes is 1. The Morgan fingerprint density at radius 2 is 2.41 bits per heavy atom. The lowest BCUT2D eigenvalue weighted by atomic mass is 10.1. The molecule has 0 radical (unpaired) electrons. The molecule has 0 saturated carbocycles. The maximum absolute atomic E-state index is 10.8. The highest BCUT2D eigenvalue weighted by Gasteiger charge is 2.29. The second-order valence-electron chi connectivity index (χ2n) is 3.73. The molecule has 0 fully saturated rings. The SMILES string of the molecule is CC(C)(O/N=S1/C=C(CC=O)N=C1N)C(=O)O. The van der Waals surface area contributed by atoms with Gasteiger partial charge in [-0.15, -0.1) is 0 Å². The minimum Gasteiger partial charge on any atom is -0.479 e. The van der Waals surface area contributed by atoms with Crippen molar-refractivity contribution in [3.63, 3.8) is 0 Å². The smallest absolute Gasteiger partial charge is 0.338 e. The molecule has 8 heteroatoms. The molecule has 0 aromatic heterocycles. The summed E-state index contributed by atoms with van der Waals surface area (Å²) >= 11 is 0. The van der Waals surface area contributed by atoms with Gasteiger partial charge in [0.2, 0.25) is 0 Å². The molecule has 0 aromatic rings. The van der Waals surface area contributed by atoms with Crippen molar-refractivity contribution >= 4 is 28.1 Å². The molecule has 7 nitrogen and oxygen atoms in total. The molecule has 0 spiro atoms. The van der Waals surface area contributed by atoms with Crippen molar-refractivity contribution in [3.05, 3.63) is 11.1 Å². The summed E-state index contributed by atoms with van der Waals surface area (Å²) in [5.41, 5.74) is 4.67. The highest BCUT2D eigenvalue weighted by Crippen LogP contribution is 2.16. The quantitative estimate of drug-likeness (QED) is 0.546. The van der Waals surface area contributed by atoms with Crippen LogP contribution in [0.5, 0.6) is 0 Å². The Kier molecular flexibility index (Phi) is 4.13. The Balaban J connectivity index is 2.79. The van der Waals surface area contributed by atoms with Gasteiger partial charge in [0.05, 0.1) is 5.70 Å². The Morgan fingerprint density at radius 3 is 2.94 bits per heavy atom. The molecular formula is C9H13N3O4S. The van der Waals surface area contributed by atoms with E-state index in [-0.39, 0.29) is 11.6 Å². The fraction of sp³-hybridized carbons (Fsp3) is 0.444. The summed E-state index contributed by atoms with van der Waals surface area (Å²) in [7, 11) is -0.920. The van der Waals surface area contributed by atoms with Gasteiger partial charge < -0.3 is 15.6 Å². The number of aliphatic carboxylic acids is 1. The molecule has 0 saturated heterocycles. The minimum atomic E-state index is -1.42. The molecule has 1 aliphatic heterocycles. The summed E-state index contributed by atoms with van der Waals surface area (Å²) in [5, 5.41) is 10.6. The first kappa shape index (κ1) is 13.5. The van der Waals surface area contributed by atoms with Crippen LogP contribution in [-0.2, 0) is 25.1 Å². The fourth-order valence-electron chi connectivity index (χ4n) is 0.815. The van der Waals surface area contributed by atoms with Crippen molar-refractivity contribution in [2.75, 3.05) is 0 Å². The second-order valence-corrected chi connectivity index (χ2v) is 5.16. The van der Waals surface area contributed by atoms with Crippen LogP contribution in [0.2, 0.25) is 0 Å². The van der Waals surface area contributed by atoms with Crippen molar-refractivity contribution in [2.24, 2.45) is 15.3 Å². The van der Waals surface area contributed by atoms with Crippen molar-refractivity contribution in [3.8, 4) is 0 Å². The van der Waals surface area contributed by atoms with Crippen molar-refractivity contribution in [2.45, 2.75) is 25.9 Å². The van der Waals surface area contributed by atoms with Crippen LogP contribution < -0.4 is 5.73 Å². The summed E-state index contributed by atoms with van der Waals surface area (Å²) < 4.78 is 3.73. The van der Waals surface area contributed by atoms with Gasteiger partial charge in [-0.05, 0) is 13.8 Å². The van der Waals surface area contributed by atoms with Crippen molar-refractivity contribution in [1.29, 1.82) is 0 Å². The third-order valence-electron chi connectivity index (χ3n) is 1.87. The zero-order valence-corrected chi connectivity index (χ0v) is 10.2. The lowest BCUT2D eigenvalue weighted by Crippen LogP contribution is -2.33. The third kappa shape index (κ3) is 3.46. The van der Waals surface area contributed by atoms with Gasteiger partial charge in [0.15, 0.2) is 10.8 Å². The number of hydrogen-bond donors (Lipinski definition) is 2. The number of allylic oxidation sites excluding steroid dienone is 1. The molecule has 1 unspecified atom stereocenters. The molecule has 0 amide bonds. The number of amidine groups is 1. The van der Waals surface area contributed by atoms with Gasteiger partial charge in [0, 0.05) is 22.5 Å². The predicted molar refractivity (Wildman–Crippen MR) is 63.0 cm³/mol. The number of nitrogens with two attached hydrogens (primary N) is 1. The molecular weight excluding hydrogens is 246 g/mol. The standard InChI is InChI=1S/C9H13N3O4S/c1-9(2,7(14)15)16-12-17-5-6(3-4-13)11-8(17)10/h4-5H,3H2,1-2H3,(H2,10,11)(H,14,15). The van der Waals surface area contributed by atoms with E-state index in [1.807, 2.05) is 0 Å². The van der Waals surface area contributed by atoms with E-state index < -0.39 is 22.3 Å². The van der Waals surface area contributed by atoms with Gasteiger partial charge in [0.25, 0.3) is 0 Å². The van der Waals surface area contributed by atoms with E-state index in [1.165, 1.54) is 13.8 Å². The summed E-state index contributed by atoms with van der Waals surface area (Å²) in [6, 6.07) is 0. The summed E-state index contributed by atoms with van der Waals surface area (Å²) in [4.78, 5) is 29.9. The van der Waals surface area contributed by atoms with Gasteiger partial charge in [-0.1, -0.05) is 4.53 Å². The topological polar surface area (TPSA) is 114 Å². The van der Waals surface area contributed by atoms with Gasteiger partial charge in [-0.3, -0.25) is 0 Å². The Morgan fingerprint density at radius 1 is 1.76 bits per heavy atom. The molecule has 0 bridgehead atoms. The monoisotopic (exact) mass is 259 g/mol. The second kappa shape index (κ2) is 5.19. The number of aliphatic imine (C=N–C) groups is 1. The molecule has 1 atom stereocenters. The maximum Gasteiger partial charge on any atom is 0.338 e. The molecule has 1 aliphatic rings. The van der Waals surface area contributed by atoms with E-state index in [4.69, 9.17) is 15.7 Å². The number of hydrogen-bond acceptors (Lipinski definition) is 6. The van der Waals surface area contributed by atoms with E-state index in [9.17, 15) is 9.59 Å². The van der Waals surface area contributed by atoms with Gasteiger partial charge in [-0.25, -0.2) is 14.6 Å². The number of carboxylic acid groups (broad SMARTS) is 1. The molecule has 1 heterocycles. The molecule has 17 heavy (non-hydrogen) atoms. The Hall–Kier alpha value is -1.54. The lowest BCUT2D eigenvalue weighted by Gasteiger charge is -2.15. The zero-order chi connectivity index (χ0) is 13.1. The van der Waals surface area contributed by atoms with Gasteiger partial charge in [-0.2, -0.15) is 0 Å². The maximum atomic E-state index is 10.8. The molecule has 1 rings (SSSR count). The fourth-order valence-corrected chi connectivity index (χ4v) is 1.94. The highest BCUT2D eigenvalue weighted by atomic mass is 32.2. The summed E-state index contributed by atoms with van der Waals surface area (Å²) in [6.07, 6.45) is 0.861. The van der Waals surface area contributed by atoms with Crippen LogP contribution in [-0.4, -0.2) is 28.1 Å². The van der Waals surface area contributed by atoms with E-state index in [0.717, 1.165) is 0 Å². The van der Waals surface area contributed by atoms with Gasteiger partial charge in [0.1, 0.15) is 6.29 Å². The van der Waals surface area contributed by atoms with Crippen LogP contribution in [0.15, 0.2) is 20.6 Å². The normalized spacial score (nSPS) is 20.0. The van der Waals surface area contributed by atoms with Crippen LogP contribution in [0.1, 0.15) is 20.3 Å². The van der Waals surface area contributed by atoms with Crippen molar-refractivity contribution < 1.29 is 19.5 Å². The number of carbonyl (C=O) groups excluding carboxylic acids is 1. The summed E-state index contributed by atoms with van der Waals surface area (Å²) in [6.45, 7) is 2.75.